The molecule has 0 aliphatic rings. The van der Waals surface area contributed by atoms with Gasteiger partial charge in [0.1, 0.15) is 0 Å². The lowest BCUT2D eigenvalue weighted by atomic mass is 10.0. The topological polar surface area (TPSA) is 55.6 Å². The second-order valence-electron chi connectivity index (χ2n) is 4.94. The normalized spacial score (nSPS) is 13.2. The van der Waals surface area contributed by atoms with Crippen LogP contribution >= 0.6 is 0 Å². The van der Waals surface area contributed by atoms with Crippen molar-refractivity contribution in [2.24, 2.45) is 17.6 Å². The van der Waals surface area contributed by atoms with Gasteiger partial charge in [0.25, 0.3) is 0 Å². The molecular formula is C12H26N2O2. The molecule has 0 fully saturated rings. The summed E-state index contributed by atoms with van der Waals surface area (Å²) >= 11 is 0. The van der Waals surface area contributed by atoms with E-state index in [0.29, 0.717) is 19.1 Å². The molecule has 0 rings (SSSR count). The van der Waals surface area contributed by atoms with E-state index in [0.717, 1.165) is 6.54 Å². The van der Waals surface area contributed by atoms with Crippen molar-refractivity contribution in [1.82, 2.24) is 4.90 Å². The van der Waals surface area contributed by atoms with Crippen molar-refractivity contribution < 1.29 is 9.53 Å². The molecule has 0 saturated heterocycles. The number of nitrogens with zero attached hydrogens (tertiary/aromatic N) is 1. The molecule has 0 saturated carbocycles. The first-order valence-corrected chi connectivity index (χ1v) is 5.93. The first kappa shape index (κ1) is 15.4. The van der Waals surface area contributed by atoms with Crippen molar-refractivity contribution in [1.29, 1.82) is 0 Å². The van der Waals surface area contributed by atoms with E-state index < -0.39 is 6.04 Å². The Morgan fingerprint density at radius 1 is 1.31 bits per heavy atom. The number of methoxy groups -OCH3 is 1. The zero-order chi connectivity index (χ0) is 12.7. The predicted octanol–water partition coefficient (Wildman–Crippen LogP) is 1.10. The average Bonchev–Trinajstić information content (AvgIpc) is 2.21. The lowest BCUT2D eigenvalue weighted by Crippen LogP contribution is -2.48. The fraction of sp³-hybridized carbons (Fsp3) is 0.917. The van der Waals surface area contributed by atoms with Gasteiger partial charge in [0.2, 0.25) is 5.91 Å². The monoisotopic (exact) mass is 230 g/mol. The highest BCUT2D eigenvalue weighted by Crippen LogP contribution is 2.06. The SMILES string of the molecule is COCCN(CC(C)C)C(=O)C(N)C(C)C. The van der Waals surface area contributed by atoms with Gasteiger partial charge in [-0.3, -0.25) is 4.79 Å². The molecule has 4 nitrogen and oxygen atoms in total. The van der Waals surface area contributed by atoms with Crippen LogP contribution in [0.3, 0.4) is 0 Å². The van der Waals surface area contributed by atoms with E-state index in [9.17, 15) is 4.79 Å². The number of hydrogen-bond donors (Lipinski definition) is 1. The van der Waals surface area contributed by atoms with Gasteiger partial charge in [-0.05, 0) is 11.8 Å². The summed E-state index contributed by atoms with van der Waals surface area (Å²) in [5.74, 6) is 0.644. The molecule has 0 aliphatic carbocycles. The van der Waals surface area contributed by atoms with Crippen LogP contribution in [-0.2, 0) is 9.53 Å². The van der Waals surface area contributed by atoms with Gasteiger partial charge in [0, 0.05) is 20.2 Å². The molecule has 1 atom stereocenters. The van der Waals surface area contributed by atoms with Crippen molar-refractivity contribution in [3.63, 3.8) is 0 Å². The van der Waals surface area contributed by atoms with E-state index in [4.69, 9.17) is 10.5 Å². The van der Waals surface area contributed by atoms with E-state index >= 15 is 0 Å². The van der Waals surface area contributed by atoms with E-state index in [-0.39, 0.29) is 11.8 Å². The molecule has 0 aromatic heterocycles. The van der Waals surface area contributed by atoms with Gasteiger partial charge in [0.15, 0.2) is 0 Å². The summed E-state index contributed by atoms with van der Waals surface area (Å²) < 4.78 is 5.01. The Labute approximate surface area is 99.1 Å². The molecule has 1 unspecified atom stereocenters. The third-order valence-electron chi connectivity index (χ3n) is 2.47. The summed E-state index contributed by atoms with van der Waals surface area (Å²) in [4.78, 5) is 13.9. The molecule has 16 heavy (non-hydrogen) atoms. The van der Waals surface area contributed by atoms with Crippen LogP contribution in [0.1, 0.15) is 27.7 Å². The highest BCUT2D eigenvalue weighted by Gasteiger charge is 2.23. The minimum absolute atomic E-state index is 0.0285. The van der Waals surface area contributed by atoms with E-state index in [1.807, 2.05) is 13.8 Å². The Kier molecular flexibility index (Phi) is 7.34. The van der Waals surface area contributed by atoms with Crippen LogP contribution in [0.5, 0.6) is 0 Å². The summed E-state index contributed by atoms with van der Waals surface area (Å²) in [7, 11) is 1.64. The molecule has 0 heterocycles. The number of nitrogens with two attached hydrogens (primary N) is 1. The van der Waals surface area contributed by atoms with Gasteiger partial charge in [-0.2, -0.15) is 0 Å². The summed E-state index contributed by atoms with van der Waals surface area (Å²) in [6.07, 6.45) is 0. The Balaban J connectivity index is 4.42. The summed E-state index contributed by atoms with van der Waals surface area (Å²) in [5.41, 5.74) is 5.88. The van der Waals surface area contributed by atoms with Crippen LogP contribution in [-0.4, -0.2) is 43.7 Å². The first-order chi connectivity index (χ1) is 7.40. The van der Waals surface area contributed by atoms with Crippen molar-refractivity contribution in [2.75, 3.05) is 26.8 Å². The van der Waals surface area contributed by atoms with Crippen LogP contribution in [0.2, 0.25) is 0 Å². The smallest absolute Gasteiger partial charge is 0.239 e. The average molecular weight is 230 g/mol. The third kappa shape index (κ3) is 5.47. The molecule has 0 radical (unpaired) electrons. The second-order valence-corrected chi connectivity index (χ2v) is 4.94. The van der Waals surface area contributed by atoms with E-state index in [2.05, 4.69) is 13.8 Å². The van der Waals surface area contributed by atoms with Crippen LogP contribution in [0.15, 0.2) is 0 Å². The van der Waals surface area contributed by atoms with Gasteiger partial charge < -0.3 is 15.4 Å². The molecule has 2 N–H and O–H groups in total. The first-order valence-electron chi connectivity index (χ1n) is 5.93. The van der Waals surface area contributed by atoms with Crippen LogP contribution < -0.4 is 5.73 Å². The van der Waals surface area contributed by atoms with Crippen molar-refractivity contribution in [3.8, 4) is 0 Å². The van der Waals surface area contributed by atoms with Gasteiger partial charge in [-0.1, -0.05) is 27.7 Å². The Hall–Kier alpha value is -0.610. The Bertz CT molecular complexity index is 205. The second kappa shape index (κ2) is 7.63. The van der Waals surface area contributed by atoms with Crippen LogP contribution in [0.4, 0.5) is 0 Å². The highest BCUT2D eigenvalue weighted by atomic mass is 16.5. The summed E-state index contributed by atoms with van der Waals surface area (Å²) in [5, 5.41) is 0. The molecule has 0 aliphatic heterocycles. The molecule has 0 spiro atoms. The quantitative estimate of drug-likeness (QED) is 0.712. The number of carbonyl (C=O) groups excluding carboxylic acids is 1. The molecule has 1 amide bonds. The Morgan fingerprint density at radius 2 is 1.88 bits per heavy atom. The number of hydrogen-bond acceptors (Lipinski definition) is 3. The summed E-state index contributed by atoms with van der Waals surface area (Å²) in [6, 6.07) is -0.407. The number of ether oxygens (including phenoxy) is 1. The van der Waals surface area contributed by atoms with Gasteiger partial charge >= 0.3 is 0 Å². The molecule has 0 aromatic carbocycles. The zero-order valence-corrected chi connectivity index (χ0v) is 11.2. The standard InChI is InChI=1S/C12H26N2O2/c1-9(2)8-14(6-7-16-5)12(15)11(13)10(3)4/h9-11H,6-8,13H2,1-5H3. The molecule has 4 heteroatoms. The maximum Gasteiger partial charge on any atom is 0.239 e. The van der Waals surface area contributed by atoms with Crippen molar-refractivity contribution in [2.45, 2.75) is 33.7 Å². The van der Waals surface area contributed by atoms with Gasteiger partial charge in [-0.15, -0.1) is 0 Å². The number of rotatable bonds is 7. The van der Waals surface area contributed by atoms with E-state index in [1.54, 1.807) is 12.0 Å². The fourth-order valence-electron chi connectivity index (χ4n) is 1.43. The fourth-order valence-corrected chi connectivity index (χ4v) is 1.43. The maximum atomic E-state index is 12.1. The lowest BCUT2D eigenvalue weighted by molar-refractivity contribution is -0.134. The maximum absolute atomic E-state index is 12.1. The lowest BCUT2D eigenvalue weighted by Gasteiger charge is -2.28. The van der Waals surface area contributed by atoms with Crippen LogP contribution in [0, 0.1) is 11.8 Å². The predicted molar refractivity (Wildman–Crippen MR) is 66.1 cm³/mol. The highest BCUT2D eigenvalue weighted by molar-refractivity contribution is 5.81. The van der Waals surface area contributed by atoms with Crippen LogP contribution in [0.25, 0.3) is 0 Å². The van der Waals surface area contributed by atoms with Crippen molar-refractivity contribution in [3.05, 3.63) is 0 Å². The molecule has 0 bridgehead atoms. The molecular weight excluding hydrogens is 204 g/mol. The summed E-state index contributed by atoms with van der Waals surface area (Å²) in [6.45, 7) is 10.0. The third-order valence-corrected chi connectivity index (χ3v) is 2.47. The number of amides is 1. The minimum Gasteiger partial charge on any atom is -0.383 e. The van der Waals surface area contributed by atoms with Gasteiger partial charge in [-0.25, -0.2) is 0 Å². The van der Waals surface area contributed by atoms with Gasteiger partial charge in [0.05, 0.1) is 12.6 Å². The largest absolute Gasteiger partial charge is 0.383 e. The Morgan fingerprint density at radius 3 is 2.25 bits per heavy atom. The van der Waals surface area contributed by atoms with Crippen molar-refractivity contribution >= 4 is 5.91 Å². The number of carbonyl (C=O) groups is 1. The van der Waals surface area contributed by atoms with E-state index in [1.165, 1.54) is 0 Å². The zero-order valence-electron chi connectivity index (χ0n) is 11.2. The molecule has 96 valence electrons. The molecule has 0 aromatic rings. The minimum atomic E-state index is -0.407.